The highest BCUT2D eigenvalue weighted by Crippen LogP contribution is 2.29. The van der Waals surface area contributed by atoms with Crippen LogP contribution in [0.15, 0.2) is 36.4 Å². The van der Waals surface area contributed by atoms with Gasteiger partial charge in [-0.15, -0.1) is 0 Å². The largest absolute Gasteiger partial charge is 0.416 e. The Hall–Kier alpha value is -1.91. The lowest BCUT2D eigenvalue weighted by molar-refractivity contribution is -0.137. The molecule has 1 N–H and O–H groups in total. The van der Waals surface area contributed by atoms with E-state index in [1.54, 1.807) is 6.07 Å². The molecule has 0 spiro atoms. The van der Waals surface area contributed by atoms with Crippen LogP contribution in [0.25, 0.3) is 0 Å². The molecule has 1 heterocycles. The number of alkyl halides is 3. The molecule has 19 heavy (non-hydrogen) atoms. The summed E-state index contributed by atoms with van der Waals surface area (Å²) in [6.45, 7) is 4.22. The van der Waals surface area contributed by atoms with Crippen LogP contribution < -0.4 is 5.43 Å². The van der Waals surface area contributed by atoms with Crippen LogP contribution >= 0.6 is 0 Å². The second-order valence-corrected chi connectivity index (χ2v) is 4.48. The van der Waals surface area contributed by atoms with Crippen molar-refractivity contribution in [2.75, 3.05) is 5.43 Å². The zero-order valence-corrected chi connectivity index (χ0v) is 10.8. The van der Waals surface area contributed by atoms with Gasteiger partial charge < -0.3 is 5.43 Å². The summed E-state index contributed by atoms with van der Waals surface area (Å²) < 4.78 is 39.6. The first-order valence-electron chi connectivity index (χ1n) is 5.93. The van der Waals surface area contributed by atoms with Gasteiger partial charge in [-0.1, -0.05) is 12.1 Å². The molecule has 0 saturated carbocycles. The van der Waals surface area contributed by atoms with Gasteiger partial charge in [-0.05, 0) is 43.7 Å². The minimum absolute atomic E-state index is 0.347. The number of nitrogens with zero attached hydrogens (tertiary/aromatic N) is 1. The van der Waals surface area contributed by atoms with Crippen molar-refractivity contribution in [2.45, 2.75) is 26.6 Å². The van der Waals surface area contributed by atoms with E-state index >= 15 is 0 Å². The predicted octanol–water partition coefficient (Wildman–Crippen LogP) is 3.87. The van der Waals surface area contributed by atoms with E-state index in [-0.39, 0.29) is 0 Å². The van der Waals surface area contributed by atoms with E-state index < -0.39 is 11.7 Å². The van der Waals surface area contributed by atoms with Crippen molar-refractivity contribution in [3.8, 4) is 0 Å². The molecular formula is C14H15F3N2. The minimum Gasteiger partial charge on any atom is -0.322 e. The summed E-state index contributed by atoms with van der Waals surface area (Å²) >= 11 is 0. The van der Waals surface area contributed by atoms with Gasteiger partial charge in [-0.3, -0.25) is 4.68 Å². The Morgan fingerprint density at radius 1 is 1.05 bits per heavy atom. The maximum absolute atomic E-state index is 12.6. The number of hydrogen-bond donors (Lipinski definition) is 1. The van der Waals surface area contributed by atoms with Gasteiger partial charge in [0.05, 0.1) is 12.1 Å². The molecule has 1 aromatic heterocycles. The highest BCUT2D eigenvalue weighted by molar-refractivity contribution is 5.26. The van der Waals surface area contributed by atoms with Gasteiger partial charge >= 0.3 is 6.18 Å². The van der Waals surface area contributed by atoms with Gasteiger partial charge in [0.1, 0.15) is 0 Å². The average Bonchev–Trinajstić information content (AvgIpc) is 2.66. The number of hydrogen-bond acceptors (Lipinski definition) is 1. The van der Waals surface area contributed by atoms with E-state index in [2.05, 4.69) is 5.43 Å². The van der Waals surface area contributed by atoms with E-state index in [0.29, 0.717) is 12.1 Å². The Kier molecular flexibility index (Phi) is 3.55. The average molecular weight is 268 g/mol. The third kappa shape index (κ3) is 3.10. The van der Waals surface area contributed by atoms with E-state index in [1.165, 1.54) is 12.1 Å². The van der Waals surface area contributed by atoms with E-state index in [9.17, 15) is 13.2 Å². The molecule has 5 heteroatoms. The van der Waals surface area contributed by atoms with Crippen LogP contribution in [0.1, 0.15) is 22.5 Å². The maximum Gasteiger partial charge on any atom is 0.416 e. The van der Waals surface area contributed by atoms with Gasteiger partial charge in [0.15, 0.2) is 0 Å². The van der Waals surface area contributed by atoms with Crippen molar-refractivity contribution < 1.29 is 13.2 Å². The molecule has 0 amide bonds. The third-order valence-electron chi connectivity index (χ3n) is 2.97. The topological polar surface area (TPSA) is 17.0 Å². The van der Waals surface area contributed by atoms with Gasteiger partial charge in [0, 0.05) is 11.4 Å². The van der Waals surface area contributed by atoms with Crippen molar-refractivity contribution >= 4 is 0 Å². The van der Waals surface area contributed by atoms with Gasteiger partial charge in [0.25, 0.3) is 0 Å². The number of aryl methyl sites for hydroxylation is 2. The summed E-state index contributed by atoms with van der Waals surface area (Å²) in [6.07, 6.45) is -4.30. The highest BCUT2D eigenvalue weighted by Gasteiger charge is 2.30. The zero-order chi connectivity index (χ0) is 14.0. The summed E-state index contributed by atoms with van der Waals surface area (Å²) in [5, 5.41) is 0. The molecule has 0 saturated heterocycles. The molecule has 0 fully saturated rings. The van der Waals surface area contributed by atoms with Crippen LogP contribution in [-0.2, 0) is 12.7 Å². The molecule has 2 nitrogen and oxygen atoms in total. The number of nitrogens with one attached hydrogen (secondary N) is 1. The van der Waals surface area contributed by atoms with Gasteiger partial charge in [0.2, 0.25) is 0 Å². The number of halogens is 3. The van der Waals surface area contributed by atoms with Crippen molar-refractivity contribution in [1.82, 2.24) is 4.68 Å². The van der Waals surface area contributed by atoms with Crippen molar-refractivity contribution in [3.63, 3.8) is 0 Å². The second-order valence-electron chi connectivity index (χ2n) is 4.48. The van der Waals surface area contributed by atoms with Gasteiger partial charge in [-0.25, -0.2) is 0 Å². The fraction of sp³-hybridized carbons (Fsp3) is 0.286. The molecule has 0 radical (unpaired) electrons. The second kappa shape index (κ2) is 4.99. The monoisotopic (exact) mass is 268 g/mol. The Labute approximate surface area is 109 Å². The van der Waals surface area contributed by atoms with Crippen molar-refractivity contribution in [3.05, 3.63) is 58.9 Å². The third-order valence-corrected chi connectivity index (χ3v) is 2.97. The molecule has 0 aliphatic heterocycles. The SMILES string of the molecule is Cc1ccc(C)n1NCc1cccc(C(F)(F)F)c1. The van der Waals surface area contributed by atoms with E-state index in [1.807, 2.05) is 30.7 Å². The summed E-state index contributed by atoms with van der Waals surface area (Å²) in [6, 6.07) is 9.26. The molecule has 2 rings (SSSR count). The van der Waals surface area contributed by atoms with Crippen LogP contribution in [0, 0.1) is 13.8 Å². The zero-order valence-electron chi connectivity index (χ0n) is 10.8. The normalized spacial score (nSPS) is 11.6. The first-order valence-corrected chi connectivity index (χ1v) is 5.93. The smallest absolute Gasteiger partial charge is 0.322 e. The fourth-order valence-electron chi connectivity index (χ4n) is 1.95. The first-order chi connectivity index (χ1) is 8.88. The Morgan fingerprint density at radius 2 is 1.68 bits per heavy atom. The first kappa shape index (κ1) is 13.5. The summed E-state index contributed by atoms with van der Waals surface area (Å²) in [4.78, 5) is 0. The van der Waals surface area contributed by atoms with Crippen molar-refractivity contribution in [1.29, 1.82) is 0 Å². The standard InChI is InChI=1S/C14H15F3N2/c1-10-6-7-11(2)19(10)18-9-12-4-3-5-13(8-12)14(15,16)17/h3-8,18H,9H2,1-2H3. The number of aromatic nitrogens is 1. The van der Waals surface area contributed by atoms with Crippen LogP contribution in [0.3, 0.4) is 0 Å². The molecule has 0 bridgehead atoms. The van der Waals surface area contributed by atoms with Crippen LogP contribution in [0.5, 0.6) is 0 Å². The van der Waals surface area contributed by atoms with Crippen LogP contribution in [0.2, 0.25) is 0 Å². The molecule has 2 aromatic rings. The maximum atomic E-state index is 12.6. The quantitative estimate of drug-likeness (QED) is 0.894. The summed E-state index contributed by atoms with van der Waals surface area (Å²) in [5.41, 5.74) is 5.12. The van der Waals surface area contributed by atoms with Crippen LogP contribution in [-0.4, -0.2) is 4.68 Å². The number of benzene rings is 1. The number of rotatable bonds is 3. The van der Waals surface area contributed by atoms with Crippen molar-refractivity contribution in [2.24, 2.45) is 0 Å². The lowest BCUT2D eigenvalue weighted by Gasteiger charge is -2.14. The van der Waals surface area contributed by atoms with Gasteiger partial charge in [-0.2, -0.15) is 13.2 Å². The molecule has 1 aromatic carbocycles. The fourth-order valence-corrected chi connectivity index (χ4v) is 1.95. The van der Waals surface area contributed by atoms with E-state index in [0.717, 1.165) is 17.5 Å². The predicted molar refractivity (Wildman–Crippen MR) is 68.4 cm³/mol. The molecule has 0 aliphatic rings. The highest BCUT2D eigenvalue weighted by atomic mass is 19.4. The Balaban J connectivity index is 2.12. The lowest BCUT2D eigenvalue weighted by Crippen LogP contribution is -2.17. The Morgan fingerprint density at radius 3 is 2.26 bits per heavy atom. The molecule has 0 unspecified atom stereocenters. The summed E-state index contributed by atoms with van der Waals surface area (Å²) in [5.74, 6) is 0. The molecule has 102 valence electrons. The minimum atomic E-state index is -4.30. The van der Waals surface area contributed by atoms with Crippen LogP contribution in [0.4, 0.5) is 13.2 Å². The van der Waals surface area contributed by atoms with E-state index in [4.69, 9.17) is 0 Å². The molecule has 0 atom stereocenters. The lowest BCUT2D eigenvalue weighted by atomic mass is 10.1. The molecule has 0 aliphatic carbocycles. The molecular weight excluding hydrogens is 253 g/mol. The Bertz CT molecular complexity index is 551. The summed E-state index contributed by atoms with van der Waals surface area (Å²) in [7, 11) is 0.